The zero-order chi connectivity index (χ0) is 18.8. The second-order valence-corrected chi connectivity index (χ2v) is 5.90. The van der Waals surface area contributed by atoms with Crippen LogP contribution in [-0.4, -0.2) is 37.0 Å². The Labute approximate surface area is 147 Å². The van der Waals surface area contributed by atoms with Gasteiger partial charge in [0.25, 0.3) is 11.5 Å². The van der Waals surface area contributed by atoms with E-state index >= 15 is 0 Å². The Morgan fingerprint density at radius 2 is 2.15 bits per heavy atom. The monoisotopic (exact) mass is 357 g/mol. The van der Waals surface area contributed by atoms with E-state index in [1.807, 2.05) is 0 Å². The first-order valence-corrected chi connectivity index (χ1v) is 8.11. The summed E-state index contributed by atoms with van der Waals surface area (Å²) in [4.78, 5) is 39.3. The lowest BCUT2D eigenvalue weighted by Gasteiger charge is -2.15. The number of carbonyl (C=O) groups excluding carboxylic acids is 1. The number of benzene rings is 1. The molecule has 1 atom stereocenters. The van der Waals surface area contributed by atoms with Crippen LogP contribution in [0.4, 0.5) is 0 Å². The number of aliphatic hydroxyl groups excluding tert-OH is 1. The molecule has 2 aromatic heterocycles. The summed E-state index contributed by atoms with van der Waals surface area (Å²) in [6, 6.07) is 3.85. The summed E-state index contributed by atoms with van der Waals surface area (Å²) in [6.07, 6.45) is 3.26. The molecule has 0 bridgehead atoms. The third-order valence-corrected chi connectivity index (χ3v) is 4.18. The second-order valence-electron chi connectivity index (χ2n) is 5.90. The number of aliphatic hydroxyl groups is 1. The van der Waals surface area contributed by atoms with E-state index in [-0.39, 0.29) is 18.7 Å². The molecule has 1 unspecified atom stereocenters. The molecule has 1 amide bonds. The van der Waals surface area contributed by atoms with E-state index in [0.717, 1.165) is 4.57 Å². The molecule has 26 heavy (non-hydrogen) atoms. The van der Waals surface area contributed by atoms with E-state index in [1.54, 1.807) is 31.0 Å². The van der Waals surface area contributed by atoms with Crippen molar-refractivity contribution in [2.24, 2.45) is 7.05 Å². The van der Waals surface area contributed by atoms with E-state index in [1.165, 1.54) is 18.2 Å². The minimum atomic E-state index is -0.612. The number of H-pyrrole nitrogens is 1. The first-order valence-electron chi connectivity index (χ1n) is 8.11. The maximum atomic E-state index is 12.5. The van der Waals surface area contributed by atoms with Crippen LogP contribution in [0.15, 0.2) is 40.2 Å². The van der Waals surface area contributed by atoms with E-state index in [9.17, 15) is 19.5 Å². The predicted octanol–water partition coefficient (Wildman–Crippen LogP) is -0.0934. The Morgan fingerprint density at radius 1 is 1.38 bits per heavy atom. The third-order valence-electron chi connectivity index (χ3n) is 4.18. The molecule has 0 radical (unpaired) electrons. The molecular formula is C17H19N5O4. The summed E-state index contributed by atoms with van der Waals surface area (Å²) >= 11 is 0. The van der Waals surface area contributed by atoms with Gasteiger partial charge in [-0.3, -0.25) is 18.8 Å². The normalized spacial score (nSPS) is 12.3. The number of nitrogens with zero attached hydrogens (tertiary/aromatic N) is 3. The summed E-state index contributed by atoms with van der Waals surface area (Å²) < 4.78 is 2.66. The van der Waals surface area contributed by atoms with E-state index in [2.05, 4.69) is 15.4 Å². The molecule has 0 spiro atoms. The molecule has 9 nitrogen and oxygen atoms in total. The van der Waals surface area contributed by atoms with E-state index < -0.39 is 23.2 Å². The Kier molecular flexibility index (Phi) is 4.72. The molecule has 2 heterocycles. The lowest BCUT2D eigenvalue weighted by molar-refractivity contribution is 0.0916. The number of aromatic nitrogens is 4. The summed E-state index contributed by atoms with van der Waals surface area (Å²) in [6.45, 7) is 1.68. The Bertz CT molecular complexity index is 1080. The van der Waals surface area contributed by atoms with Crippen LogP contribution in [0.5, 0.6) is 0 Å². The molecule has 0 saturated heterocycles. The van der Waals surface area contributed by atoms with Crippen molar-refractivity contribution in [3.05, 3.63) is 62.6 Å². The number of rotatable bonds is 5. The molecule has 136 valence electrons. The van der Waals surface area contributed by atoms with Crippen molar-refractivity contribution in [2.45, 2.75) is 19.5 Å². The van der Waals surface area contributed by atoms with Crippen LogP contribution >= 0.6 is 0 Å². The summed E-state index contributed by atoms with van der Waals surface area (Å²) in [5.41, 5.74) is 0.305. The van der Waals surface area contributed by atoms with Crippen LogP contribution in [0.25, 0.3) is 10.9 Å². The summed E-state index contributed by atoms with van der Waals surface area (Å²) in [5, 5.41) is 16.6. The Balaban J connectivity index is 1.93. The maximum absolute atomic E-state index is 12.5. The van der Waals surface area contributed by atoms with Gasteiger partial charge in [-0.25, -0.2) is 4.79 Å². The standard InChI is InChI=1S/C17H19N5O4/c1-3-22-16(25)12-5-4-10(6-13(12)20-17(22)26)15(24)19-14(9-23)11-7-18-21(2)8-11/h4-8,14,23H,3,9H2,1-2H3,(H,19,24)(H,20,26). The Hall–Kier alpha value is -3.20. The van der Waals surface area contributed by atoms with Gasteiger partial charge in [-0.05, 0) is 25.1 Å². The van der Waals surface area contributed by atoms with E-state index in [0.29, 0.717) is 16.5 Å². The van der Waals surface area contributed by atoms with Gasteiger partial charge < -0.3 is 15.4 Å². The molecule has 0 aliphatic rings. The van der Waals surface area contributed by atoms with Crippen LogP contribution in [0.2, 0.25) is 0 Å². The van der Waals surface area contributed by atoms with Crippen molar-refractivity contribution >= 4 is 16.8 Å². The van der Waals surface area contributed by atoms with Crippen molar-refractivity contribution in [3.63, 3.8) is 0 Å². The van der Waals surface area contributed by atoms with Gasteiger partial charge in [0.2, 0.25) is 0 Å². The number of nitrogens with one attached hydrogen (secondary N) is 2. The molecule has 3 N–H and O–H groups in total. The van der Waals surface area contributed by atoms with Crippen LogP contribution in [0.3, 0.4) is 0 Å². The predicted molar refractivity (Wildman–Crippen MR) is 95.0 cm³/mol. The molecule has 0 fully saturated rings. The molecule has 0 saturated carbocycles. The topological polar surface area (TPSA) is 122 Å². The van der Waals surface area contributed by atoms with Crippen molar-refractivity contribution in [2.75, 3.05) is 6.61 Å². The second kappa shape index (κ2) is 6.96. The quantitative estimate of drug-likeness (QED) is 0.589. The largest absolute Gasteiger partial charge is 0.394 e. The number of fused-ring (bicyclic) bond motifs is 1. The molecular weight excluding hydrogens is 338 g/mol. The zero-order valence-corrected chi connectivity index (χ0v) is 14.4. The lowest BCUT2D eigenvalue weighted by atomic mass is 10.1. The van der Waals surface area contributed by atoms with Gasteiger partial charge in [-0.1, -0.05) is 0 Å². The van der Waals surface area contributed by atoms with Gasteiger partial charge in [0.15, 0.2) is 0 Å². The fraction of sp³-hybridized carbons (Fsp3) is 0.294. The number of amides is 1. The summed E-state index contributed by atoms with van der Waals surface area (Å²) in [7, 11) is 1.74. The van der Waals surface area contributed by atoms with Gasteiger partial charge in [-0.15, -0.1) is 0 Å². The fourth-order valence-electron chi connectivity index (χ4n) is 2.78. The number of hydrogen-bond donors (Lipinski definition) is 3. The van der Waals surface area contributed by atoms with Gasteiger partial charge in [-0.2, -0.15) is 5.10 Å². The van der Waals surface area contributed by atoms with Crippen LogP contribution < -0.4 is 16.6 Å². The first-order chi connectivity index (χ1) is 12.4. The van der Waals surface area contributed by atoms with E-state index in [4.69, 9.17) is 0 Å². The maximum Gasteiger partial charge on any atom is 0.328 e. The van der Waals surface area contributed by atoms with Crippen molar-refractivity contribution in [1.82, 2.24) is 24.6 Å². The van der Waals surface area contributed by atoms with Gasteiger partial charge in [0.05, 0.1) is 29.7 Å². The highest BCUT2D eigenvalue weighted by molar-refractivity contribution is 5.97. The van der Waals surface area contributed by atoms with Crippen LogP contribution in [-0.2, 0) is 13.6 Å². The lowest BCUT2D eigenvalue weighted by Crippen LogP contribution is -2.34. The minimum absolute atomic E-state index is 0.260. The average molecular weight is 357 g/mol. The summed E-state index contributed by atoms with van der Waals surface area (Å²) in [5.74, 6) is -0.435. The first kappa shape index (κ1) is 17.6. The molecule has 0 aliphatic carbocycles. The smallest absolute Gasteiger partial charge is 0.328 e. The average Bonchev–Trinajstić information content (AvgIpc) is 3.05. The van der Waals surface area contributed by atoms with Gasteiger partial charge in [0.1, 0.15) is 0 Å². The molecule has 3 aromatic rings. The van der Waals surface area contributed by atoms with Crippen LogP contribution in [0.1, 0.15) is 28.9 Å². The highest BCUT2D eigenvalue weighted by Gasteiger charge is 2.17. The molecule has 9 heteroatoms. The zero-order valence-electron chi connectivity index (χ0n) is 14.4. The molecule has 3 rings (SSSR count). The SMILES string of the molecule is CCn1c(=O)[nH]c2cc(C(=O)NC(CO)c3cnn(C)c3)ccc2c1=O. The number of hydrogen-bond acceptors (Lipinski definition) is 5. The number of aryl methyl sites for hydroxylation is 1. The highest BCUT2D eigenvalue weighted by Crippen LogP contribution is 2.14. The molecule has 0 aliphatic heterocycles. The van der Waals surface area contributed by atoms with Crippen molar-refractivity contribution in [3.8, 4) is 0 Å². The van der Waals surface area contributed by atoms with Gasteiger partial charge in [0, 0.05) is 30.9 Å². The Morgan fingerprint density at radius 3 is 2.77 bits per heavy atom. The highest BCUT2D eigenvalue weighted by atomic mass is 16.3. The van der Waals surface area contributed by atoms with Crippen molar-refractivity contribution < 1.29 is 9.90 Å². The number of carbonyl (C=O) groups is 1. The van der Waals surface area contributed by atoms with Crippen LogP contribution in [0, 0.1) is 0 Å². The third kappa shape index (κ3) is 3.16. The minimum Gasteiger partial charge on any atom is -0.394 e. The van der Waals surface area contributed by atoms with Gasteiger partial charge >= 0.3 is 5.69 Å². The molecule has 1 aromatic carbocycles. The van der Waals surface area contributed by atoms with Crippen molar-refractivity contribution in [1.29, 1.82) is 0 Å². The fourth-order valence-corrected chi connectivity index (χ4v) is 2.78. The number of aromatic amines is 1.